The summed E-state index contributed by atoms with van der Waals surface area (Å²) in [6.07, 6.45) is 65.2. The standard InChI is InChI=1S/C56H100NO8P/c1-3-5-7-9-11-13-15-17-19-20-21-22-23-24-25-26-27-28-29-30-31-32-33-34-35-37-39-41-43-45-47-49-56(59)65-54(53-64-66(60,61)63-51-50-57)52-62-55(58)48-46-44-42-40-38-36-18-16-14-12-10-8-6-4-2/h5,7,11,13,17,19,21-22,24-25,27-28,54H,3-4,6,8-10,12,14-16,18,20,23,26,29-53,57H2,1-2H3,(H,60,61)/b7-5-,13-11-,19-17-,22-21-,25-24-,28-27-. The van der Waals surface area contributed by atoms with Crippen LogP contribution in [0.3, 0.4) is 0 Å². The second-order valence-corrected chi connectivity index (χ2v) is 19.2. The number of unbranched alkanes of at least 4 members (excludes halogenated alkanes) is 25. The Bertz CT molecular complexity index is 1310. The van der Waals surface area contributed by atoms with E-state index in [-0.39, 0.29) is 38.6 Å². The van der Waals surface area contributed by atoms with Crippen molar-refractivity contribution >= 4 is 19.8 Å². The van der Waals surface area contributed by atoms with E-state index in [1.807, 2.05) is 0 Å². The Balaban J connectivity index is 3.97. The SMILES string of the molecule is CC/C=C\C/C=C\C/C=C\C/C=C\C/C=C\C/C=C\CCCCCCCCCCCCCCC(=O)OC(COC(=O)CCCCCCCCCCCCCCCC)COP(=O)(O)OCCN. The molecular formula is C56H100NO8P. The number of hydrogen-bond donors (Lipinski definition) is 2. The molecule has 0 amide bonds. The second kappa shape index (κ2) is 51.8. The average Bonchev–Trinajstić information content (AvgIpc) is 3.31. The van der Waals surface area contributed by atoms with Crippen LogP contribution in [-0.4, -0.2) is 49.3 Å². The quantitative estimate of drug-likeness (QED) is 0.0264. The molecule has 0 radical (unpaired) electrons. The smallest absolute Gasteiger partial charge is 0.462 e. The molecule has 10 heteroatoms. The van der Waals surface area contributed by atoms with Crippen molar-refractivity contribution in [2.75, 3.05) is 26.4 Å². The zero-order valence-electron chi connectivity index (χ0n) is 42.4. The fourth-order valence-corrected chi connectivity index (χ4v) is 8.17. The highest BCUT2D eigenvalue weighted by atomic mass is 31.2. The van der Waals surface area contributed by atoms with E-state index in [4.69, 9.17) is 24.3 Å². The van der Waals surface area contributed by atoms with Gasteiger partial charge in [0.2, 0.25) is 0 Å². The largest absolute Gasteiger partial charge is 0.472 e. The van der Waals surface area contributed by atoms with Gasteiger partial charge in [-0.25, -0.2) is 4.57 Å². The second-order valence-electron chi connectivity index (χ2n) is 17.7. The Kier molecular flexibility index (Phi) is 49.8. The summed E-state index contributed by atoms with van der Waals surface area (Å²) in [4.78, 5) is 35.1. The van der Waals surface area contributed by atoms with Crippen molar-refractivity contribution < 1.29 is 37.6 Å². The zero-order valence-corrected chi connectivity index (χ0v) is 43.3. The van der Waals surface area contributed by atoms with Crippen LogP contribution in [0.25, 0.3) is 0 Å². The molecule has 0 fully saturated rings. The summed E-state index contributed by atoms with van der Waals surface area (Å²) >= 11 is 0. The normalized spacial score (nSPS) is 13.7. The van der Waals surface area contributed by atoms with E-state index >= 15 is 0 Å². The highest BCUT2D eigenvalue weighted by molar-refractivity contribution is 7.47. The number of rotatable bonds is 50. The maximum absolute atomic E-state index is 12.7. The Morgan fingerprint density at radius 1 is 0.470 bits per heavy atom. The molecule has 0 saturated carbocycles. The van der Waals surface area contributed by atoms with Crippen LogP contribution < -0.4 is 5.73 Å². The van der Waals surface area contributed by atoms with Crippen molar-refractivity contribution in [2.24, 2.45) is 5.73 Å². The molecular weight excluding hydrogens is 846 g/mol. The Hall–Kier alpha value is -2.55. The number of esters is 2. The number of hydrogen-bond acceptors (Lipinski definition) is 8. The van der Waals surface area contributed by atoms with Gasteiger partial charge in [-0.2, -0.15) is 0 Å². The van der Waals surface area contributed by atoms with Gasteiger partial charge in [0.15, 0.2) is 6.10 Å². The summed E-state index contributed by atoms with van der Waals surface area (Å²) < 4.78 is 32.9. The monoisotopic (exact) mass is 946 g/mol. The highest BCUT2D eigenvalue weighted by Crippen LogP contribution is 2.43. The fourth-order valence-electron chi connectivity index (χ4n) is 7.40. The third-order valence-electron chi connectivity index (χ3n) is 11.4. The predicted molar refractivity (Wildman–Crippen MR) is 279 cm³/mol. The van der Waals surface area contributed by atoms with Gasteiger partial charge < -0.3 is 20.1 Å². The number of carbonyl (C=O) groups excluding carboxylic acids is 2. The maximum atomic E-state index is 12.7. The van der Waals surface area contributed by atoms with E-state index in [0.717, 1.165) is 77.0 Å². The lowest BCUT2D eigenvalue weighted by atomic mass is 10.0. The summed E-state index contributed by atoms with van der Waals surface area (Å²) in [6, 6.07) is 0. The third kappa shape index (κ3) is 50.9. The summed E-state index contributed by atoms with van der Waals surface area (Å²) in [5, 5.41) is 0. The molecule has 2 unspecified atom stereocenters. The van der Waals surface area contributed by atoms with Crippen LogP contribution in [0.2, 0.25) is 0 Å². The molecule has 0 saturated heterocycles. The van der Waals surface area contributed by atoms with Crippen molar-refractivity contribution in [1.29, 1.82) is 0 Å². The van der Waals surface area contributed by atoms with Gasteiger partial charge in [-0.15, -0.1) is 0 Å². The first-order valence-electron chi connectivity index (χ1n) is 26.9. The lowest BCUT2D eigenvalue weighted by Crippen LogP contribution is -2.29. The minimum Gasteiger partial charge on any atom is -0.462 e. The van der Waals surface area contributed by atoms with Crippen LogP contribution in [0.15, 0.2) is 72.9 Å². The van der Waals surface area contributed by atoms with Crippen LogP contribution >= 0.6 is 7.82 Å². The van der Waals surface area contributed by atoms with Gasteiger partial charge in [-0.1, -0.05) is 234 Å². The molecule has 0 aliphatic heterocycles. The molecule has 0 aromatic heterocycles. The molecule has 3 N–H and O–H groups in total. The summed E-state index contributed by atoms with van der Waals surface area (Å²) in [6.45, 7) is 3.64. The lowest BCUT2D eigenvalue weighted by Gasteiger charge is -2.19. The van der Waals surface area contributed by atoms with Crippen molar-refractivity contribution in [2.45, 2.75) is 245 Å². The van der Waals surface area contributed by atoms with Gasteiger partial charge in [0.1, 0.15) is 6.61 Å². The van der Waals surface area contributed by atoms with Gasteiger partial charge in [-0.3, -0.25) is 18.6 Å². The lowest BCUT2D eigenvalue weighted by molar-refractivity contribution is -0.161. The molecule has 0 spiro atoms. The molecule has 0 aliphatic carbocycles. The maximum Gasteiger partial charge on any atom is 0.472 e. The number of carbonyl (C=O) groups is 2. The Morgan fingerprint density at radius 3 is 1.24 bits per heavy atom. The zero-order chi connectivity index (χ0) is 48.1. The fraction of sp³-hybridized carbons (Fsp3) is 0.750. The first-order chi connectivity index (χ1) is 32.3. The number of ether oxygens (including phenoxy) is 2. The molecule has 2 atom stereocenters. The van der Waals surface area contributed by atoms with Gasteiger partial charge >= 0.3 is 19.8 Å². The molecule has 0 aliphatic rings. The predicted octanol–water partition coefficient (Wildman–Crippen LogP) is 16.6. The molecule has 0 heterocycles. The van der Waals surface area contributed by atoms with Gasteiger partial charge in [0.05, 0.1) is 13.2 Å². The van der Waals surface area contributed by atoms with E-state index < -0.39 is 26.5 Å². The minimum absolute atomic E-state index is 0.0521. The first kappa shape index (κ1) is 63.5. The number of nitrogens with two attached hydrogens (primary N) is 1. The van der Waals surface area contributed by atoms with Gasteiger partial charge in [0.25, 0.3) is 0 Å². The van der Waals surface area contributed by atoms with Crippen molar-refractivity contribution in [3.63, 3.8) is 0 Å². The molecule has 382 valence electrons. The van der Waals surface area contributed by atoms with Crippen LogP contribution in [0.4, 0.5) is 0 Å². The average molecular weight is 946 g/mol. The van der Waals surface area contributed by atoms with Crippen LogP contribution in [0, 0.1) is 0 Å². The summed E-state index contributed by atoms with van der Waals surface area (Å²) in [5.74, 6) is -0.825. The van der Waals surface area contributed by atoms with Crippen molar-refractivity contribution in [3.8, 4) is 0 Å². The van der Waals surface area contributed by atoms with E-state index in [2.05, 4.69) is 86.8 Å². The van der Waals surface area contributed by atoms with E-state index in [1.165, 1.54) is 128 Å². The molecule has 0 aromatic rings. The first-order valence-corrected chi connectivity index (χ1v) is 28.4. The topological polar surface area (TPSA) is 134 Å². The molecule has 66 heavy (non-hydrogen) atoms. The Labute approximate surface area is 405 Å². The molecule has 9 nitrogen and oxygen atoms in total. The molecule has 0 rings (SSSR count). The number of allylic oxidation sites excluding steroid dienone is 12. The number of phosphoric acid groups is 1. The van der Waals surface area contributed by atoms with Crippen LogP contribution in [0.1, 0.15) is 239 Å². The Morgan fingerprint density at radius 2 is 0.833 bits per heavy atom. The third-order valence-corrected chi connectivity index (χ3v) is 12.3. The van der Waals surface area contributed by atoms with Gasteiger partial charge in [0, 0.05) is 19.4 Å². The summed E-state index contributed by atoms with van der Waals surface area (Å²) in [7, 11) is -4.38. The van der Waals surface area contributed by atoms with Crippen molar-refractivity contribution in [1.82, 2.24) is 0 Å². The van der Waals surface area contributed by atoms with Crippen LogP contribution in [0.5, 0.6) is 0 Å². The highest BCUT2D eigenvalue weighted by Gasteiger charge is 2.26. The van der Waals surface area contributed by atoms with Crippen molar-refractivity contribution in [3.05, 3.63) is 72.9 Å². The summed E-state index contributed by atoms with van der Waals surface area (Å²) in [5.41, 5.74) is 5.37. The van der Waals surface area contributed by atoms with Crippen LogP contribution in [-0.2, 0) is 32.7 Å². The van der Waals surface area contributed by atoms with Gasteiger partial charge in [-0.05, 0) is 64.2 Å². The molecule has 0 aromatic carbocycles. The number of phosphoric ester groups is 1. The van der Waals surface area contributed by atoms with E-state index in [9.17, 15) is 19.0 Å². The minimum atomic E-state index is -4.38. The van der Waals surface area contributed by atoms with E-state index in [1.54, 1.807) is 0 Å². The molecule has 0 bridgehead atoms. The van der Waals surface area contributed by atoms with E-state index in [0.29, 0.717) is 6.42 Å².